The smallest absolute Gasteiger partial charge is 0.168 e. The van der Waals surface area contributed by atoms with Crippen LogP contribution in [0.1, 0.15) is 33.4 Å². The maximum absolute atomic E-state index is 10.6. The van der Waals surface area contributed by atoms with Gasteiger partial charge in [0.1, 0.15) is 11.5 Å². The standard InChI is InChI=1S/C13H10N2O/c16-8-10-5-6-14-13(15-10)12-7-9-3-1-2-4-11(9)12/h1-6,8,12H,7H2. The molecule has 16 heavy (non-hydrogen) atoms. The van der Waals surface area contributed by atoms with E-state index in [1.165, 1.54) is 11.1 Å². The average molecular weight is 210 g/mol. The zero-order valence-electron chi connectivity index (χ0n) is 8.63. The molecular weight excluding hydrogens is 200 g/mol. The largest absolute Gasteiger partial charge is 0.296 e. The minimum absolute atomic E-state index is 0.260. The number of benzene rings is 1. The topological polar surface area (TPSA) is 42.9 Å². The van der Waals surface area contributed by atoms with Gasteiger partial charge >= 0.3 is 0 Å². The fraction of sp³-hybridized carbons (Fsp3) is 0.154. The lowest BCUT2D eigenvalue weighted by Crippen LogP contribution is -2.20. The van der Waals surface area contributed by atoms with Crippen LogP contribution in [0.15, 0.2) is 36.5 Å². The number of hydrogen-bond acceptors (Lipinski definition) is 3. The molecule has 0 N–H and O–H groups in total. The molecule has 3 heteroatoms. The van der Waals surface area contributed by atoms with Gasteiger partial charge in [-0.05, 0) is 23.6 Å². The fourth-order valence-electron chi connectivity index (χ4n) is 2.11. The number of rotatable bonds is 2. The summed E-state index contributed by atoms with van der Waals surface area (Å²) in [6, 6.07) is 9.91. The summed E-state index contributed by atoms with van der Waals surface area (Å²) in [5, 5.41) is 0. The molecule has 0 saturated carbocycles. The van der Waals surface area contributed by atoms with E-state index in [-0.39, 0.29) is 5.92 Å². The highest BCUT2D eigenvalue weighted by Crippen LogP contribution is 2.37. The van der Waals surface area contributed by atoms with Gasteiger partial charge < -0.3 is 0 Å². The Labute approximate surface area is 93.2 Å². The van der Waals surface area contributed by atoms with E-state index in [1.54, 1.807) is 12.3 Å². The van der Waals surface area contributed by atoms with E-state index in [0.717, 1.165) is 18.5 Å². The van der Waals surface area contributed by atoms with Gasteiger partial charge in [-0.1, -0.05) is 24.3 Å². The molecule has 0 fully saturated rings. The first-order valence-corrected chi connectivity index (χ1v) is 5.24. The first-order valence-electron chi connectivity index (χ1n) is 5.24. The van der Waals surface area contributed by atoms with E-state index in [0.29, 0.717) is 5.69 Å². The second-order valence-corrected chi connectivity index (χ2v) is 3.91. The molecule has 78 valence electrons. The first-order chi connectivity index (χ1) is 7.88. The summed E-state index contributed by atoms with van der Waals surface area (Å²) >= 11 is 0. The minimum Gasteiger partial charge on any atom is -0.296 e. The Bertz CT molecular complexity index is 551. The molecule has 3 rings (SSSR count). The number of fused-ring (bicyclic) bond motifs is 1. The van der Waals surface area contributed by atoms with Crippen molar-refractivity contribution in [3.8, 4) is 0 Å². The molecule has 0 saturated heterocycles. The number of nitrogens with zero attached hydrogens (tertiary/aromatic N) is 2. The monoisotopic (exact) mass is 210 g/mol. The van der Waals surface area contributed by atoms with Crippen LogP contribution in [0.2, 0.25) is 0 Å². The second-order valence-electron chi connectivity index (χ2n) is 3.91. The van der Waals surface area contributed by atoms with E-state index in [1.807, 2.05) is 12.1 Å². The van der Waals surface area contributed by atoms with Crippen LogP contribution >= 0.6 is 0 Å². The van der Waals surface area contributed by atoms with Gasteiger partial charge in [-0.2, -0.15) is 0 Å². The van der Waals surface area contributed by atoms with Gasteiger partial charge in [-0.3, -0.25) is 4.79 Å². The van der Waals surface area contributed by atoms with Crippen molar-refractivity contribution in [2.45, 2.75) is 12.3 Å². The van der Waals surface area contributed by atoms with Crippen molar-refractivity contribution in [1.29, 1.82) is 0 Å². The van der Waals surface area contributed by atoms with Gasteiger partial charge in [0.05, 0.1) is 0 Å². The van der Waals surface area contributed by atoms with E-state index in [9.17, 15) is 4.79 Å². The third-order valence-corrected chi connectivity index (χ3v) is 2.98. The summed E-state index contributed by atoms with van der Waals surface area (Å²) in [6.45, 7) is 0. The predicted molar refractivity (Wildman–Crippen MR) is 59.4 cm³/mol. The third-order valence-electron chi connectivity index (χ3n) is 2.98. The molecule has 0 aliphatic heterocycles. The van der Waals surface area contributed by atoms with Crippen LogP contribution in [-0.2, 0) is 6.42 Å². The summed E-state index contributed by atoms with van der Waals surface area (Å²) < 4.78 is 0. The van der Waals surface area contributed by atoms with Gasteiger partial charge in [-0.15, -0.1) is 0 Å². The second kappa shape index (κ2) is 3.52. The predicted octanol–water partition coefficient (Wildman–Crippen LogP) is 1.98. The van der Waals surface area contributed by atoms with Crippen molar-refractivity contribution < 1.29 is 4.79 Å². The van der Waals surface area contributed by atoms with Crippen molar-refractivity contribution in [2.24, 2.45) is 0 Å². The first kappa shape index (κ1) is 9.21. The third kappa shape index (κ3) is 1.33. The highest BCUT2D eigenvalue weighted by Gasteiger charge is 2.29. The Morgan fingerprint density at radius 1 is 1.25 bits per heavy atom. The molecule has 1 unspecified atom stereocenters. The number of carbonyl (C=O) groups excluding carboxylic acids is 1. The molecular formula is C13H10N2O. The van der Waals surface area contributed by atoms with Crippen LogP contribution in [0, 0.1) is 0 Å². The van der Waals surface area contributed by atoms with Crippen molar-refractivity contribution in [3.63, 3.8) is 0 Å². The molecule has 1 aromatic carbocycles. The van der Waals surface area contributed by atoms with Gasteiger partial charge in [0.15, 0.2) is 6.29 Å². The number of aldehydes is 1. The Morgan fingerprint density at radius 3 is 2.94 bits per heavy atom. The molecule has 1 aromatic heterocycles. The number of aromatic nitrogens is 2. The Morgan fingerprint density at radius 2 is 2.12 bits per heavy atom. The zero-order chi connectivity index (χ0) is 11.0. The van der Waals surface area contributed by atoms with Crippen LogP contribution < -0.4 is 0 Å². The molecule has 1 aliphatic rings. The summed E-state index contributed by atoms with van der Waals surface area (Å²) in [6.07, 6.45) is 3.38. The van der Waals surface area contributed by atoms with Crippen LogP contribution in [0.5, 0.6) is 0 Å². The number of carbonyl (C=O) groups is 1. The van der Waals surface area contributed by atoms with E-state index in [4.69, 9.17) is 0 Å². The Kier molecular flexibility index (Phi) is 2.03. The summed E-state index contributed by atoms with van der Waals surface area (Å²) in [5.74, 6) is 1.01. The summed E-state index contributed by atoms with van der Waals surface area (Å²) in [5.41, 5.74) is 3.09. The molecule has 1 atom stereocenters. The lowest BCUT2D eigenvalue weighted by Gasteiger charge is -2.28. The summed E-state index contributed by atoms with van der Waals surface area (Å²) in [7, 11) is 0. The molecule has 0 bridgehead atoms. The van der Waals surface area contributed by atoms with Gasteiger partial charge in [0, 0.05) is 12.1 Å². The normalized spacial score (nSPS) is 17.4. The lowest BCUT2D eigenvalue weighted by molar-refractivity contribution is 0.111. The maximum atomic E-state index is 10.6. The van der Waals surface area contributed by atoms with Crippen LogP contribution in [0.3, 0.4) is 0 Å². The van der Waals surface area contributed by atoms with Crippen molar-refractivity contribution in [3.05, 3.63) is 59.2 Å². The fourth-order valence-corrected chi connectivity index (χ4v) is 2.11. The average Bonchev–Trinajstić information content (AvgIpc) is 2.31. The van der Waals surface area contributed by atoms with Crippen molar-refractivity contribution in [1.82, 2.24) is 9.97 Å². The van der Waals surface area contributed by atoms with Crippen LogP contribution in [-0.4, -0.2) is 16.3 Å². The molecule has 0 amide bonds. The molecule has 1 heterocycles. The van der Waals surface area contributed by atoms with Crippen LogP contribution in [0.4, 0.5) is 0 Å². The van der Waals surface area contributed by atoms with Gasteiger partial charge in [0.2, 0.25) is 0 Å². The van der Waals surface area contributed by atoms with Gasteiger partial charge in [-0.25, -0.2) is 9.97 Å². The highest BCUT2D eigenvalue weighted by molar-refractivity contribution is 5.71. The molecule has 1 aliphatic carbocycles. The van der Waals surface area contributed by atoms with Crippen molar-refractivity contribution >= 4 is 6.29 Å². The van der Waals surface area contributed by atoms with Crippen molar-refractivity contribution in [2.75, 3.05) is 0 Å². The lowest BCUT2D eigenvalue weighted by atomic mass is 9.77. The minimum atomic E-state index is 0.260. The summed E-state index contributed by atoms with van der Waals surface area (Å²) in [4.78, 5) is 19.1. The van der Waals surface area contributed by atoms with E-state index >= 15 is 0 Å². The highest BCUT2D eigenvalue weighted by atomic mass is 16.1. The molecule has 2 aromatic rings. The maximum Gasteiger partial charge on any atom is 0.168 e. The SMILES string of the molecule is O=Cc1ccnc(C2Cc3ccccc32)n1. The molecule has 3 nitrogen and oxygen atoms in total. The quantitative estimate of drug-likeness (QED) is 0.712. The van der Waals surface area contributed by atoms with E-state index < -0.39 is 0 Å². The molecule has 0 radical (unpaired) electrons. The Hall–Kier alpha value is -2.03. The van der Waals surface area contributed by atoms with Crippen LogP contribution in [0.25, 0.3) is 0 Å². The van der Waals surface area contributed by atoms with Gasteiger partial charge in [0.25, 0.3) is 0 Å². The number of hydrogen-bond donors (Lipinski definition) is 0. The Balaban J connectivity index is 1.99. The van der Waals surface area contributed by atoms with E-state index in [2.05, 4.69) is 22.1 Å². The zero-order valence-corrected chi connectivity index (χ0v) is 8.63. The molecule has 0 spiro atoms.